The summed E-state index contributed by atoms with van der Waals surface area (Å²) in [7, 11) is 3.14. The first kappa shape index (κ1) is 8.27. The molecular weight excluding hydrogens is 118 g/mol. The second kappa shape index (κ2) is 4.18. The van der Waals surface area contributed by atoms with Gasteiger partial charge in [0.2, 0.25) is 0 Å². The molecule has 0 bridgehead atoms. The molecule has 0 saturated heterocycles. The van der Waals surface area contributed by atoms with E-state index in [1.165, 1.54) is 0 Å². The lowest BCUT2D eigenvalue weighted by molar-refractivity contribution is 0.136. The highest BCUT2D eigenvalue weighted by molar-refractivity contribution is 5.67. The Morgan fingerprint density at radius 3 is 2.67 bits per heavy atom. The fraction of sp³-hybridized carbons (Fsp3) is 0.667. The summed E-state index contributed by atoms with van der Waals surface area (Å²) >= 11 is 0. The maximum atomic E-state index is 10.3. The smallest absolute Gasteiger partial charge is 0.407 e. The summed E-state index contributed by atoms with van der Waals surface area (Å²) in [6.07, 6.45) is -0.469. The average Bonchev–Trinajstić information content (AvgIpc) is 1.83. The van der Waals surface area contributed by atoms with Gasteiger partial charge in [-0.1, -0.05) is 13.8 Å². The SMILES string of the molecule is [CH2]NC(=O)OCC(C)C. The van der Waals surface area contributed by atoms with E-state index in [1.54, 1.807) is 0 Å². The first-order valence-corrected chi connectivity index (χ1v) is 2.86. The van der Waals surface area contributed by atoms with Gasteiger partial charge in [-0.15, -0.1) is 0 Å². The van der Waals surface area contributed by atoms with E-state index in [1.807, 2.05) is 13.8 Å². The summed E-state index contributed by atoms with van der Waals surface area (Å²) in [5.74, 6) is 0.377. The lowest BCUT2D eigenvalue weighted by Gasteiger charge is -2.04. The van der Waals surface area contributed by atoms with Crippen LogP contribution in [-0.4, -0.2) is 12.7 Å². The maximum Gasteiger partial charge on any atom is 0.407 e. The summed E-state index contributed by atoms with van der Waals surface area (Å²) in [4.78, 5) is 10.3. The molecule has 0 spiro atoms. The summed E-state index contributed by atoms with van der Waals surface area (Å²) in [6, 6.07) is 0. The van der Waals surface area contributed by atoms with Gasteiger partial charge in [0.15, 0.2) is 0 Å². The third-order valence-electron chi connectivity index (χ3n) is 0.692. The molecule has 0 aromatic carbocycles. The molecule has 0 fully saturated rings. The molecule has 0 aromatic heterocycles. The number of carbonyl (C=O) groups excluding carboxylic acids is 1. The molecule has 0 aliphatic rings. The number of carbonyl (C=O) groups is 1. The number of rotatable bonds is 2. The van der Waals surface area contributed by atoms with E-state index in [9.17, 15) is 4.79 Å². The van der Waals surface area contributed by atoms with E-state index in [2.05, 4.69) is 17.1 Å². The minimum atomic E-state index is -0.469. The van der Waals surface area contributed by atoms with Crippen molar-refractivity contribution in [1.29, 1.82) is 0 Å². The minimum Gasteiger partial charge on any atom is -0.449 e. The highest BCUT2D eigenvalue weighted by Crippen LogP contribution is 1.91. The van der Waals surface area contributed by atoms with Crippen LogP contribution in [-0.2, 0) is 4.74 Å². The van der Waals surface area contributed by atoms with Crippen LogP contribution in [0.15, 0.2) is 0 Å². The molecule has 0 aromatic rings. The molecule has 9 heavy (non-hydrogen) atoms. The standard InChI is InChI=1S/C6H12NO2/c1-5(2)4-9-6(8)7-3/h5H,3-4H2,1-2H3,(H,7,8). The molecule has 3 nitrogen and oxygen atoms in total. The third-order valence-corrected chi connectivity index (χ3v) is 0.692. The lowest BCUT2D eigenvalue weighted by Crippen LogP contribution is -2.19. The Morgan fingerprint density at radius 2 is 2.33 bits per heavy atom. The Hall–Kier alpha value is -0.730. The first-order chi connectivity index (χ1) is 4.16. The van der Waals surface area contributed by atoms with Gasteiger partial charge in [0.05, 0.1) is 6.61 Å². The molecule has 0 unspecified atom stereocenters. The Morgan fingerprint density at radius 1 is 1.78 bits per heavy atom. The average molecular weight is 130 g/mol. The molecule has 1 N–H and O–H groups in total. The number of ether oxygens (including phenoxy) is 1. The van der Waals surface area contributed by atoms with Gasteiger partial charge in [-0.2, -0.15) is 0 Å². The largest absolute Gasteiger partial charge is 0.449 e. The number of amides is 1. The van der Waals surface area contributed by atoms with Crippen LogP contribution in [0.4, 0.5) is 4.79 Å². The molecule has 1 amide bonds. The maximum absolute atomic E-state index is 10.3. The van der Waals surface area contributed by atoms with Crippen molar-refractivity contribution in [2.24, 2.45) is 5.92 Å². The molecule has 0 atom stereocenters. The number of alkyl carbamates (subject to hydrolysis) is 1. The van der Waals surface area contributed by atoms with Gasteiger partial charge in [0.25, 0.3) is 0 Å². The molecule has 0 saturated carbocycles. The Balaban J connectivity index is 3.17. The third kappa shape index (κ3) is 5.14. The van der Waals surface area contributed by atoms with Gasteiger partial charge in [-0.05, 0) is 5.92 Å². The van der Waals surface area contributed by atoms with Crippen molar-refractivity contribution in [3.8, 4) is 0 Å². The zero-order valence-electron chi connectivity index (χ0n) is 5.81. The number of hydrogen-bond donors (Lipinski definition) is 1. The molecule has 3 heteroatoms. The Kier molecular flexibility index (Phi) is 3.84. The van der Waals surface area contributed by atoms with E-state index in [4.69, 9.17) is 0 Å². The summed E-state index contributed by atoms with van der Waals surface area (Å²) in [6.45, 7) is 4.38. The van der Waals surface area contributed by atoms with Crippen molar-refractivity contribution in [3.63, 3.8) is 0 Å². The molecule has 0 heterocycles. The molecule has 1 radical (unpaired) electrons. The van der Waals surface area contributed by atoms with Crippen LogP contribution in [0, 0.1) is 13.0 Å². The fourth-order valence-electron chi connectivity index (χ4n) is 0.293. The zero-order valence-corrected chi connectivity index (χ0v) is 5.81. The van der Waals surface area contributed by atoms with Crippen LogP contribution in [0.5, 0.6) is 0 Å². The molecular formula is C6H12NO2. The van der Waals surface area contributed by atoms with E-state index in [-0.39, 0.29) is 0 Å². The molecule has 53 valence electrons. The van der Waals surface area contributed by atoms with Crippen LogP contribution >= 0.6 is 0 Å². The predicted octanol–water partition coefficient (Wildman–Crippen LogP) is 1.16. The zero-order chi connectivity index (χ0) is 7.28. The second-order valence-corrected chi connectivity index (χ2v) is 2.17. The molecule has 0 aliphatic heterocycles. The lowest BCUT2D eigenvalue weighted by atomic mass is 10.2. The first-order valence-electron chi connectivity index (χ1n) is 2.86. The Bertz CT molecular complexity index is 91.1. The monoisotopic (exact) mass is 130 g/mol. The van der Waals surface area contributed by atoms with Crippen molar-refractivity contribution in [2.45, 2.75) is 13.8 Å². The van der Waals surface area contributed by atoms with Crippen LogP contribution in [0.2, 0.25) is 0 Å². The van der Waals surface area contributed by atoms with Gasteiger partial charge in [-0.25, -0.2) is 4.79 Å². The quantitative estimate of drug-likeness (QED) is 0.609. The van der Waals surface area contributed by atoms with E-state index >= 15 is 0 Å². The van der Waals surface area contributed by atoms with Gasteiger partial charge >= 0.3 is 6.09 Å². The van der Waals surface area contributed by atoms with Gasteiger partial charge < -0.3 is 10.1 Å². The van der Waals surface area contributed by atoms with E-state index in [0.717, 1.165) is 0 Å². The normalized spacial score (nSPS) is 9.33. The van der Waals surface area contributed by atoms with E-state index in [0.29, 0.717) is 12.5 Å². The van der Waals surface area contributed by atoms with Crippen molar-refractivity contribution in [3.05, 3.63) is 7.05 Å². The number of nitrogens with one attached hydrogen (secondary N) is 1. The Labute approximate surface area is 55.4 Å². The topological polar surface area (TPSA) is 38.3 Å². The summed E-state index contributed by atoms with van der Waals surface area (Å²) in [5.41, 5.74) is 0. The van der Waals surface area contributed by atoms with Crippen LogP contribution < -0.4 is 5.32 Å². The highest BCUT2D eigenvalue weighted by atomic mass is 16.5. The molecule has 0 rings (SSSR count). The predicted molar refractivity (Wildman–Crippen MR) is 34.7 cm³/mol. The second-order valence-electron chi connectivity index (χ2n) is 2.17. The van der Waals surface area contributed by atoms with E-state index < -0.39 is 6.09 Å². The van der Waals surface area contributed by atoms with Crippen molar-refractivity contribution in [2.75, 3.05) is 6.61 Å². The summed E-state index contributed by atoms with van der Waals surface area (Å²) in [5, 5.41) is 2.11. The summed E-state index contributed by atoms with van der Waals surface area (Å²) < 4.78 is 4.64. The fourth-order valence-corrected chi connectivity index (χ4v) is 0.293. The van der Waals surface area contributed by atoms with Crippen molar-refractivity contribution >= 4 is 6.09 Å². The van der Waals surface area contributed by atoms with Gasteiger partial charge in [0, 0.05) is 7.05 Å². The highest BCUT2D eigenvalue weighted by Gasteiger charge is 1.98. The van der Waals surface area contributed by atoms with Gasteiger partial charge in [-0.3, -0.25) is 0 Å². The van der Waals surface area contributed by atoms with Gasteiger partial charge in [0.1, 0.15) is 0 Å². The van der Waals surface area contributed by atoms with Crippen LogP contribution in [0.25, 0.3) is 0 Å². The van der Waals surface area contributed by atoms with Crippen molar-refractivity contribution in [1.82, 2.24) is 5.32 Å². The van der Waals surface area contributed by atoms with Crippen molar-refractivity contribution < 1.29 is 9.53 Å². The van der Waals surface area contributed by atoms with Crippen LogP contribution in [0.3, 0.4) is 0 Å². The number of hydrogen-bond acceptors (Lipinski definition) is 2. The minimum absolute atomic E-state index is 0.377. The van der Waals surface area contributed by atoms with Crippen LogP contribution in [0.1, 0.15) is 13.8 Å². The molecule has 0 aliphatic carbocycles.